The van der Waals surface area contributed by atoms with Gasteiger partial charge in [-0.15, -0.1) is 0 Å². The standard InChI is InChI=1S/C23H26N4O5S/c1-4-10-24-33(30,31)19-8-9-20(15(2)11-19)32-14-22(29)26-18-7-5-6-17(13-18)23-25-16(3)12-21(28)27-23/h5-9,11-13,24H,4,10,14H2,1-3H3,(H,26,29)(H,25,27,28). The first-order valence-corrected chi connectivity index (χ1v) is 11.9. The van der Waals surface area contributed by atoms with E-state index in [1.54, 1.807) is 38.1 Å². The maximum atomic E-state index is 12.4. The van der Waals surface area contributed by atoms with Gasteiger partial charge in [0.05, 0.1) is 4.90 Å². The molecule has 1 heterocycles. The molecule has 0 saturated carbocycles. The van der Waals surface area contributed by atoms with Gasteiger partial charge in [0.1, 0.15) is 11.6 Å². The Morgan fingerprint density at radius 2 is 1.91 bits per heavy atom. The fraction of sp³-hybridized carbons (Fsp3) is 0.261. The summed E-state index contributed by atoms with van der Waals surface area (Å²) in [6, 6.07) is 12.8. The lowest BCUT2D eigenvalue weighted by Gasteiger charge is -2.12. The van der Waals surface area contributed by atoms with Gasteiger partial charge in [0.2, 0.25) is 10.0 Å². The van der Waals surface area contributed by atoms with E-state index in [1.807, 2.05) is 6.92 Å². The second kappa shape index (κ2) is 10.4. The highest BCUT2D eigenvalue weighted by atomic mass is 32.2. The molecule has 1 aromatic heterocycles. The van der Waals surface area contributed by atoms with Gasteiger partial charge < -0.3 is 15.0 Å². The van der Waals surface area contributed by atoms with E-state index in [0.29, 0.717) is 47.0 Å². The highest BCUT2D eigenvalue weighted by Crippen LogP contribution is 2.22. The van der Waals surface area contributed by atoms with Gasteiger partial charge in [-0.05, 0) is 56.2 Å². The largest absolute Gasteiger partial charge is 0.483 e. The number of nitrogens with one attached hydrogen (secondary N) is 3. The normalized spacial score (nSPS) is 11.2. The molecule has 174 valence electrons. The minimum absolute atomic E-state index is 0.143. The lowest BCUT2D eigenvalue weighted by molar-refractivity contribution is -0.118. The van der Waals surface area contributed by atoms with Crippen molar-refractivity contribution in [2.75, 3.05) is 18.5 Å². The molecular formula is C23H26N4O5S. The first-order chi connectivity index (χ1) is 15.7. The average Bonchev–Trinajstić information content (AvgIpc) is 2.76. The molecule has 0 radical (unpaired) electrons. The smallest absolute Gasteiger partial charge is 0.262 e. The highest BCUT2D eigenvalue weighted by Gasteiger charge is 2.15. The summed E-state index contributed by atoms with van der Waals surface area (Å²) >= 11 is 0. The molecule has 0 aliphatic carbocycles. The molecule has 0 atom stereocenters. The van der Waals surface area contributed by atoms with Crippen LogP contribution in [0.3, 0.4) is 0 Å². The van der Waals surface area contributed by atoms with Crippen molar-refractivity contribution >= 4 is 21.6 Å². The average molecular weight is 471 g/mol. The fourth-order valence-corrected chi connectivity index (χ4v) is 4.29. The van der Waals surface area contributed by atoms with Crippen LogP contribution >= 0.6 is 0 Å². The van der Waals surface area contributed by atoms with Crippen LogP contribution in [0.4, 0.5) is 5.69 Å². The predicted octanol–water partition coefficient (Wildman–Crippen LogP) is 2.76. The van der Waals surface area contributed by atoms with Crippen molar-refractivity contribution in [2.45, 2.75) is 32.1 Å². The van der Waals surface area contributed by atoms with E-state index in [2.05, 4.69) is 20.0 Å². The van der Waals surface area contributed by atoms with Crippen molar-refractivity contribution in [1.29, 1.82) is 0 Å². The quantitative estimate of drug-likeness (QED) is 0.441. The van der Waals surface area contributed by atoms with Crippen molar-refractivity contribution in [3.05, 3.63) is 70.1 Å². The van der Waals surface area contributed by atoms with Crippen LogP contribution in [0.5, 0.6) is 5.75 Å². The molecular weight excluding hydrogens is 444 g/mol. The van der Waals surface area contributed by atoms with Crippen LogP contribution in [0.2, 0.25) is 0 Å². The van der Waals surface area contributed by atoms with Gasteiger partial charge in [-0.1, -0.05) is 19.1 Å². The second-order valence-corrected chi connectivity index (χ2v) is 9.25. The number of aromatic nitrogens is 2. The second-order valence-electron chi connectivity index (χ2n) is 7.48. The number of carbonyl (C=O) groups excluding carboxylic acids is 1. The molecule has 3 rings (SSSR count). The van der Waals surface area contributed by atoms with Crippen LogP contribution in [-0.2, 0) is 14.8 Å². The van der Waals surface area contributed by atoms with E-state index >= 15 is 0 Å². The Kier molecular flexibility index (Phi) is 7.62. The fourth-order valence-electron chi connectivity index (χ4n) is 3.07. The number of anilines is 1. The number of sulfonamides is 1. The third-order valence-electron chi connectivity index (χ3n) is 4.65. The van der Waals surface area contributed by atoms with Crippen molar-refractivity contribution < 1.29 is 17.9 Å². The summed E-state index contributed by atoms with van der Waals surface area (Å²) in [5.41, 5.74) is 2.10. The number of aromatic amines is 1. The zero-order valence-corrected chi connectivity index (χ0v) is 19.5. The van der Waals surface area contributed by atoms with Crippen molar-refractivity contribution in [3.63, 3.8) is 0 Å². The Morgan fingerprint density at radius 3 is 2.61 bits per heavy atom. The van der Waals surface area contributed by atoms with Gasteiger partial charge in [0.15, 0.2) is 6.61 Å². The molecule has 0 aliphatic rings. The number of rotatable bonds is 9. The van der Waals surface area contributed by atoms with Crippen LogP contribution in [0.15, 0.2) is 58.2 Å². The highest BCUT2D eigenvalue weighted by molar-refractivity contribution is 7.89. The van der Waals surface area contributed by atoms with Gasteiger partial charge >= 0.3 is 0 Å². The van der Waals surface area contributed by atoms with Crippen LogP contribution in [-0.4, -0.2) is 37.4 Å². The Bertz CT molecular complexity index is 1320. The minimum atomic E-state index is -3.58. The number of amides is 1. The molecule has 33 heavy (non-hydrogen) atoms. The van der Waals surface area contributed by atoms with Crippen molar-refractivity contribution in [3.8, 4) is 17.1 Å². The van der Waals surface area contributed by atoms with E-state index in [-0.39, 0.29) is 17.1 Å². The number of aryl methyl sites for hydroxylation is 2. The maximum absolute atomic E-state index is 12.4. The summed E-state index contributed by atoms with van der Waals surface area (Å²) in [6.07, 6.45) is 0.691. The SMILES string of the molecule is CCCNS(=O)(=O)c1ccc(OCC(=O)Nc2cccc(-c3nc(C)cc(=O)[nH]3)c2)c(C)c1. The summed E-state index contributed by atoms with van der Waals surface area (Å²) in [7, 11) is -3.58. The molecule has 9 nitrogen and oxygen atoms in total. The van der Waals surface area contributed by atoms with E-state index in [0.717, 1.165) is 0 Å². The molecule has 0 saturated heterocycles. The molecule has 0 bridgehead atoms. The monoisotopic (exact) mass is 470 g/mol. The number of benzene rings is 2. The van der Waals surface area contributed by atoms with E-state index in [9.17, 15) is 18.0 Å². The summed E-state index contributed by atoms with van der Waals surface area (Å²) in [4.78, 5) is 31.2. The summed E-state index contributed by atoms with van der Waals surface area (Å²) in [6.45, 7) is 5.42. The molecule has 2 aromatic carbocycles. The van der Waals surface area contributed by atoms with Crippen LogP contribution < -0.4 is 20.3 Å². The predicted molar refractivity (Wildman–Crippen MR) is 126 cm³/mol. The third-order valence-corrected chi connectivity index (χ3v) is 6.11. The molecule has 0 spiro atoms. The lowest BCUT2D eigenvalue weighted by atomic mass is 10.2. The molecule has 0 unspecified atom stereocenters. The first kappa shape index (κ1) is 24.1. The minimum Gasteiger partial charge on any atom is -0.483 e. The van der Waals surface area contributed by atoms with Crippen LogP contribution in [0, 0.1) is 13.8 Å². The summed E-state index contributed by atoms with van der Waals surface area (Å²) < 4.78 is 32.6. The number of hydrogen-bond acceptors (Lipinski definition) is 6. The van der Waals surface area contributed by atoms with Gasteiger partial charge in [-0.2, -0.15) is 0 Å². The zero-order chi connectivity index (χ0) is 24.0. The zero-order valence-electron chi connectivity index (χ0n) is 18.6. The van der Waals surface area contributed by atoms with E-state index < -0.39 is 15.9 Å². The molecule has 10 heteroatoms. The summed E-state index contributed by atoms with van der Waals surface area (Å²) in [5, 5.41) is 2.74. The Balaban J connectivity index is 1.64. The van der Waals surface area contributed by atoms with Gasteiger partial charge in [0.25, 0.3) is 11.5 Å². The van der Waals surface area contributed by atoms with Crippen LogP contribution in [0.1, 0.15) is 24.6 Å². The molecule has 3 N–H and O–H groups in total. The number of carbonyl (C=O) groups is 1. The number of nitrogens with zero attached hydrogens (tertiary/aromatic N) is 1. The maximum Gasteiger partial charge on any atom is 0.262 e. The third kappa shape index (κ3) is 6.50. The summed E-state index contributed by atoms with van der Waals surface area (Å²) in [5.74, 6) is 0.430. The molecule has 0 fully saturated rings. The lowest BCUT2D eigenvalue weighted by Crippen LogP contribution is -2.24. The van der Waals surface area contributed by atoms with Crippen molar-refractivity contribution in [1.82, 2.24) is 14.7 Å². The number of hydrogen-bond donors (Lipinski definition) is 3. The van der Waals surface area contributed by atoms with E-state index in [4.69, 9.17) is 4.74 Å². The Labute approximate surface area is 192 Å². The van der Waals surface area contributed by atoms with Crippen molar-refractivity contribution in [2.24, 2.45) is 0 Å². The molecule has 1 amide bonds. The molecule has 3 aromatic rings. The van der Waals surface area contributed by atoms with Gasteiger partial charge in [-0.25, -0.2) is 18.1 Å². The van der Waals surface area contributed by atoms with Gasteiger partial charge in [0, 0.05) is 29.6 Å². The van der Waals surface area contributed by atoms with E-state index in [1.165, 1.54) is 24.3 Å². The topological polar surface area (TPSA) is 130 Å². The number of H-pyrrole nitrogens is 1. The number of ether oxygens (including phenoxy) is 1. The Hall–Kier alpha value is -3.50. The molecule has 0 aliphatic heterocycles. The van der Waals surface area contributed by atoms with Gasteiger partial charge in [-0.3, -0.25) is 9.59 Å². The Morgan fingerprint density at radius 1 is 1.12 bits per heavy atom. The van der Waals surface area contributed by atoms with Crippen LogP contribution in [0.25, 0.3) is 11.4 Å². The first-order valence-electron chi connectivity index (χ1n) is 10.4.